The fraction of sp³-hybridized carbons (Fsp3) is 0.308. The minimum Gasteiger partial charge on any atom is -0.461 e. The molecule has 0 spiro atoms. The Hall–Kier alpha value is -1.97. The van der Waals surface area contributed by atoms with Gasteiger partial charge in [0.2, 0.25) is 0 Å². The molecule has 0 saturated heterocycles. The van der Waals surface area contributed by atoms with Crippen molar-refractivity contribution in [3.8, 4) is 5.82 Å². The van der Waals surface area contributed by atoms with Gasteiger partial charge in [-0.25, -0.2) is 14.5 Å². The molecule has 0 aliphatic heterocycles. The van der Waals surface area contributed by atoms with Gasteiger partial charge in [0.05, 0.1) is 23.6 Å². The van der Waals surface area contributed by atoms with Crippen LogP contribution in [0.25, 0.3) is 5.82 Å². The molecular formula is C13H14ClN3O5S. The number of esters is 1. The zero-order valence-corrected chi connectivity index (χ0v) is 14.0. The van der Waals surface area contributed by atoms with Gasteiger partial charge in [-0.05, 0) is 25.1 Å². The van der Waals surface area contributed by atoms with E-state index in [9.17, 15) is 13.2 Å². The molecule has 0 aromatic carbocycles. The minimum absolute atomic E-state index is 0.0690. The molecule has 2 rings (SSSR count). The molecule has 10 heteroatoms. The Morgan fingerprint density at radius 1 is 1.43 bits per heavy atom. The van der Waals surface area contributed by atoms with Gasteiger partial charge in [-0.1, -0.05) is 11.6 Å². The Balaban J connectivity index is 2.44. The van der Waals surface area contributed by atoms with Crippen LogP contribution in [0.1, 0.15) is 23.1 Å². The smallest absolute Gasteiger partial charge is 0.357 e. The molecule has 2 heterocycles. The van der Waals surface area contributed by atoms with E-state index >= 15 is 0 Å². The number of rotatable bonds is 6. The van der Waals surface area contributed by atoms with Gasteiger partial charge in [-0.3, -0.25) is 4.18 Å². The zero-order chi connectivity index (χ0) is 17.0. The van der Waals surface area contributed by atoms with E-state index in [1.54, 1.807) is 19.1 Å². The first-order valence-electron chi connectivity index (χ1n) is 6.53. The second kappa shape index (κ2) is 7.07. The van der Waals surface area contributed by atoms with Crippen LogP contribution < -0.4 is 0 Å². The second-order valence-corrected chi connectivity index (χ2v) is 6.48. The summed E-state index contributed by atoms with van der Waals surface area (Å²) in [5.41, 5.74) is 0.291. The topological polar surface area (TPSA) is 100 Å². The van der Waals surface area contributed by atoms with Crippen LogP contribution in [0.3, 0.4) is 0 Å². The normalized spacial score (nSPS) is 11.4. The molecule has 0 bridgehead atoms. The van der Waals surface area contributed by atoms with Gasteiger partial charge >= 0.3 is 5.97 Å². The highest BCUT2D eigenvalue weighted by Gasteiger charge is 2.20. The standard InChI is InChI=1S/C13H14ClN3O5S/c1-3-21-13(18)11-7-9(8-22-23(2,19)20)16-17(11)12-10(14)5-4-6-15-12/h4-7H,3,8H2,1-2H3. The maximum atomic E-state index is 12.1. The maximum absolute atomic E-state index is 12.1. The molecule has 124 valence electrons. The molecule has 0 aliphatic rings. The van der Waals surface area contributed by atoms with E-state index in [4.69, 9.17) is 16.3 Å². The number of hydrogen-bond donors (Lipinski definition) is 0. The van der Waals surface area contributed by atoms with Crippen molar-refractivity contribution < 1.29 is 22.1 Å². The molecule has 23 heavy (non-hydrogen) atoms. The average Bonchev–Trinajstić information content (AvgIpc) is 2.89. The van der Waals surface area contributed by atoms with Crippen LogP contribution in [0.2, 0.25) is 5.02 Å². The fourth-order valence-electron chi connectivity index (χ4n) is 1.71. The molecule has 0 N–H and O–H groups in total. The largest absolute Gasteiger partial charge is 0.461 e. The minimum atomic E-state index is -3.64. The third kappa shape index (κ3) is 4.50. The number of halogens is 1. The van der Waals surface area contributed by atoms with Crippen LogP contribution >= 0.6 is 11.6 Å². The van der Waals surface area contributed by atoms with E-state index in [0.29, 0.717) is 0 Å². The third-order valence-electron chi connectivity index (χ3n) is 2.61. The summed E-state index contributed by atoms with van der Waals surface area (Å²) >= 11 is 6.07. The van der Waals surface area contributed by atoms with Crippen LogP contribution in [-0.4, -0.2) is 42.0 Å². The van der Waals surface area contributed by atoms with Crippen LogP contribution in [0.4, 0.5) is 0 Å². The Morgan fingerprint density at radius 3 is 2.78 bits per heavy atom. The number of hydrogen-bond acceptors (Lipinski definition) is 7. The monoisotopic (exact) mass is 359 g/mol. The summed E-state index contributed by atoms with van der Waals surface area (Å²) in [5, 5.41) is 4.40. The van der Waals surface area contributed by atoms with Gasteiger partial charge in [0, 0.05) is 6.20 Å². The average molecular weight is 360 g/mol. The number of nitrogens with zero attached hydrogens (tertiary/aromatic N) is 3. The van der Waals surface area contributed by atoms with Crippen molar-refractivity contribution in [1.29, 1.82) is 0 Å². The van der Waals surface area contributed by atoms with E-state index in [-0.39, 0.29) is 35.4 Å². The van der Waals surface area contributed by atoms with Crippen LogP contribution in [0.5, 0.6) is 0 Å². The molecule has 0 aliphatic carbocycles. The number of carbonyl (C=O) groups is 1. The van der Waals surface area contributed by atoms with E-state index < -0.39 is 16.1 Å². The summed E-state index contributed by atoms with van der Waals surface area (Å²) in [5.74, 6) is -0.407. The third-order valence-corrected chi connectivity index (χ3v) is 3.45. The van der Waals surface area contributed by atoms with Crippen molar-refractivity contribution in [1.82, 2.24) is 14.8 Å². The van der Waals surface area contributed by atoms with Crippen molar-refractivity contribution in [2.45, 2.75) is 13.5 Å². The predicted octanol–water partition coefficient (Wildman–Crippen LogP) is 1.57. The van der Waals surface area contributed by atoms with Gasteiger partial charge < -0.3 is 4.74 Å². The molecule has 2 aromatic rings. The lowest BCUT2D eigenvalue weighted by molar-refractivity contribution is 0.0515. The van der Waals surface area contributed by atoms with Crippen LogP contribution in [-0.2, 0) is 25.6 Å². The first-order chi connectivity index (χ1) is 10.8. The number of aromatic nitrogens is 3. The quantitative estimate of drug-likeness (QED) is 0.570. The van der Waals surface area contributed by atoms with Gasteiger partial charge in [-0.15, -0.1) is 0 Å². The van der Waals surface area contributed by atoms with E-state index in [1.165, 1.54) is 16.9 Å². The SMILES string of the molecule is CCOC(=O)c1cc(COS(C)(=O)=O)nn1-c1ncccc1Cl. The summed E-state index contributed by atoms with van der Waals surface area (Å²) < 4.78 is 33.0. The van der Waals surface area contributed by atoms with Crippen molar-refractivity contribution in [2.24, 2.45) is 0 Å². The Bertz CT molecular complexity index is 819. The molecule has 0 unspecified atom stereocenters. The van der Waals surface area contributed by atoms with Crippen LogP contribution in [0.15, 0.2) is 24.4 Å². The Labute approximate surface area is 138 Å². The first kappa shape index (κ1) is 17.4. The van der Waals surface area contributed by atoms with Gasteiger partial charge in [0.1, 0.15) is 6.61 Å². The number of ether oxygens (including phenoxy) is 1. The van der Waals surface area contributed by atoms with Crippen molar-refractivity contribution in [3.63, 3.8) is 0 Å². The van der Waals surface area contributed by atoms with Crippen molar-refractivity contribution >= 4 is 27.7 Å². The molecular weight excluding hydrogens is 346 g/mol. The van der Waals surface area contributed by atoms with E-state index in [0.717, 1.165) is 6.26 Å². The summed E-state index contributed by atoms with van der Waals surface area (Å²) in [6.07, 6.45) is 2.41. The fourth-order valence-corrected chi connectivity index (χ4v) is 2.25. The molecule has 8 nitrogen and oxygen atoms in total. The molecule has 2 aromatic heterocycles. The lowest BCUT2D eigenvalue weighted by Crippen LogP contribution is -2.13. The highest BCUT2D eigenvalue weighted by molar-refractivity contribution is 7.85. The highest BCUT2D eigenvalue weighted by Crippen LogP contribution is 2.20. The molecule has 0 amide bonds. The van der Waals surface area contributed by atoms with E-state index in [1.807, 2.05) is 0 Å². The molecule has 0 radical (unpaired) electrons. The summed E-state index contributed by atoms with van der Waals surface area (Å²) in [6.45, 7) is 1.53. The summed E-state index contributed by atoms with van der Waals surface area (Å²) in [4.78, 5) is 16.1. The van der Waals surface area contributed by atoms with Crippen LogP contribution in [0, 0.1) is 0 Å². The highest BCUT2D eigenvalue weighted by atomic mass is 35.5. The second-order valence-electron chi connectivity index (χ2n) is 4.43. The van der Waals surface area contributed by atoms with Gasteiger partial charge in [0.25, 0.3) is 10.1 Å². The van der Waals surface area contributed by atoms with Crippen molar-refractivity contribution in [3.05, 3.63) is 40.8 Å². The first-order valence-corrected chi connectivity index (χ1v) is 8.72. The summed E-state index contributed by atoms with van der Waals surface area (Å²) in [7, 11) is -3.64. The molecule has 0 saturated carbocycles. The van der Waals surface area contributed by atoms with Crippen molar-refractivity contribution in [2.75, 3.05) is 12.9 Å². The molecule has 0 atom stereocenters. The Kier molecular flexibility index (Phi) is 5.34. The molecule has 0 fully saturated rings. The van der Waals surface area contributed by atoms with Gasteiger partial charge in [-0.2, -0.15) is 13.5 Å². The van der Waals surface area contributed by atoms with E-state index in [2.05, 4.69) is 14.3 Å². The maximum Gasteiger partial charge on any atom is 0.357 e. The zero-order valence-electron chi connectivity index (χ0n) is 12.4. The summed E-state index contributed by atoms with van der Waals surface area (Å²) in [6, 6.07) is 4.59. The number of pyridine rings is 1. The lowest BCUT2D eigenvalue weighted by atomic mass is 10.3. The van der Waals surface area contributed by atoms with Gasteiger partial charge in [0.15, 0.2) is 11.5 Å². The number of carbonyl (C=O) groups excluding carboxylic acids is 1. The Morgan fingerprint density at radius 2 is 2.17 bits per heavy atom. The predicted molar refractivity (Wildman–Crippen MR) is 82.0 cm³/mol. The lowest BCUT2D eigenvalue weighted by Gasteiger charge is -2.07.